The zero-order chi connectivity index (χ0) is 25.9. The predicted octanol–water partition coefficient (Wildman–Crippen LogP) is 4.78. The first-order valence-electron chi connectivity index (χ1n) is 11.7. The van der Waals surface area contributed by atoms with Crippen LogP contribution in [0.2, 0.25) is 0 Å². The van der Waals surface area contributed by atoms with Crippen LogP contribution in [0.25, 0.3) is 0 Å². The number of hydrogen-bond acceptors (Lipinski definition) is 5. The molecule has 2 N–H and O–H groups in total. The second-order valence-electron chi connectivity index (χ2n) is 8.19. The van der Waals surface area contributed by atoms with Crippen molar-refractivity contribution in [2.24, 2.45) is 5.10 Å². The highest BCUT2D eigenvalue weighted by atomic mass is 16.5. The summed E-state index contributed by atoms with van der Waals surface area (Å²) in [6, 6.07) is 32.2. The van der Waals surface area contributed by atoms with Crippen LogP contribution >= 0.6 is 0 Å². The number of carbonyl (C=O) groups is 3. The average Bonchev–Trinajstić information content (AvgIpc) is 2.91. The highest BCUT2D eigenvalue weighted by Crippen LogP contribution is 2.13. The fourth-order valence-electron chi connectivity index (χ4n) is 3.47. The zero-order valence-electron chi connectivity index (χ0n) is 20.0. The molecule has 0 spiro atoms. The molecule has 0 saturated carbocycles. The Hall–Kier alpha value is -5.04. The van der Waals surface area contributed by atoms with Crippen LogP contribution in [0.15, 0.2) is 114 Å². The molecule has 37 heavy (non-hydrogen) atoms. The largest absolute Gasteiger partial charge is 0.426 e. The quantitative estimate of drug-likeness (QED) is 0.152. The summed E-state index contributed by atoms with van der Waals surface area (Å²) in [5.41, 5.74) is 6.01. The third kappa shape index (κ3) is 8.00. The minimum Gasteiger partial charge on any atom is -0.426 e. The van der Waals surface area contributed by atoms with Gasteiger partial charge in [0.1, 0.15) is 5.75 Å². The van der Waals surface area contributed by atoms with E-state index in [0.29, 0.717) is 17.0 Å². The number of nitrogens with one attached hydrogen (secondary N) is 2. The minimum absolute atomic E-state index is 0.134. The van der Waals surface area contributed by atoms with Crippen LogP contribution in [0.5, 0.6) is 5.75 Å². The van der Waals surface area contributed by atoms with Gasteiger partial charge in [0.25, 0.3) is 5.91 Å². The van der Waals surface area contributed by atoms with Crippen molar-refractivity contribution >= 4 is 29.7 Å². The molecule has 0 saturated heterocycles. The molecule has 0 bridgehead atoms. The first-order valence-corrected chi connectivity index (χ1v) is 11.7. The van der Waals surface area contributed by atoms with Crippen LogP contribution in [0, 0.1) is 0 Å². The van der Waals surface area contributed by atoms with Crippen LogP contribution in [-0.4, -0.2) is 24.0 Å². The molecule has 0 radical (unpaired) electrons. The number of anilines is 1. The highest BCUT2D eigenvalue weighted by molar-refractivity contribution is 5.96. The zero-order valence-corrected chi connectivity index (χ0v) is 20.0. The van der Waals surface area contributed by atoms with Crippen molar-refractivity contribution in [1.29, 1.82) is 0 Å². The summed E-state index contributed by atoms with van der Waals surface area (Å²) in [4.78, 5) is 36.6. The summed E-state index contributed by atoms with van der Waals surface area (Å²) < 4.78 is 5.36. The normalized spacial score (nSPS) is 10.6. The molecule has 0 fully saturated rings. The molecule has 0 aliphatic carbocycles. The second kappa shape index (κ2) is 12.6. The molecule has 0 aliphatic heterocycles. The van der Waals surface area contributed by atoms with Crippen LogP contribution in [0.3, 0.4) is 0 Å². The van der Waals surface area contributed by atoms with Crippen LogP contribution in [0.1, 0.15) is 27.0 Å². The summed E-state index contributed by atoms with van der Waals surface area (Å²) in [6.07, 6.45) is 1.96. The van der Waals surface area contributed by atoms with Gasteiger partial charge in [0, 0.05) is 11.3 Å². The fraction of sp³-hybridized carbons (Fsp3) is 0.0667. The molecular formula is C30H25N3O4. The number of rotatable bonds is 9. The molecule has 4 aromatic carbocycles. The number of esters is 1. The third-order valence-electron chi connectivity index (χ3n) is 5.32. The lowest BCUT2D eigenvalue weighted by Gasteiger charge is -2.06. The first kappa shape index (κ1) is 25.1. The van der Waals surface area contributed by atoms with E-state index in [1.165, 1.54) is 6.21 Å². The lowest BCUT2D eigenvalue weighted by Crippen LogP contribution is -2.18. The Morgan fingerprint density at radius 2 is 1.30 bits per heavy atom. The van der Waals surface area contributed by atoms with E-state index in [-0.39, 0.29) is 30.6 Å². The summed E-state index contributed by atoms with van der Waals surface area (Å²) in [6.45, 7) is 0. The molecule has 7 heteroatoms. The molecule has 184 valence electrons. The van der Waals surface area contributed by atoms with Crippen LogP contribution < -0.4 is 15.5 Å². The lowest BCUT2D eigenvalue weighted by atomic mass is 10.1. The monoisotopic (exact) mass is 491 g/mol. The molecule has 2 amide bonds. The number of ether oxygens (including phenoxy) is 1. The van der Waals surface area contributed by atoms with Gasteiger partial charge in [-0.15, -0.1) is 0 Å². The fourth-order valence-corrected chi connectivity index (χ4v) is 3.47. The van der Waals surface area contributed by atoms with E-state index < -0.39 is 0 Å². The van der Waals surface area contributed by atoms with Gasteiger partial charge in [-0.05, 0) is 65.2 Å². The molecule has 0 aliphatic rings. The minimum atomic E-state index is -0.384. The van der Waals surface area contributed by atoms with Crippen molar-refractivity contribution in [3.8, 4) is 5.75 Å². The maximum atomic E-state index is 12.4. The number of nitrogens with zero attached hydrogens (tertiary/aromatic N) is 1. The maximum Gasteiger partial charge on any atom is 0.315 e. The average molecular weight is 492 g/mol. The number of amides is 2. The second-order valence-corrected chi connectivity index (χ2v) is 8.19. The Balaban J connectivity index is 1.23. The Morgan fingerprint density at radius 1 is 0.703 bits per heavy atom. The molecule has 4 rings (SSSR count). The van der Waals surface area contributed by atoms with Gasteiger partial charge >= 0.3 is 5.97 Å². The number of hydrogen-bond donors (Lipinski definition) is 2. The van der Waals surface area contributed by atoms with Crippen molar-refractivity contribution in [2.75, 3.05) is 5.32 Å². The van der Waals surface area contributed by atoms with Gasteiger partial charge in [0.15, 0.2) is 0 Å². The van der Waals surface area contributed by atoms with Gasteiger partial charge < -0.3 is 10.1 Å². The van der Waals surface area contributed by atoms with Crippen molar-refractivity contribution in [2.45, 2.75) is 12.8 Å². The van der Waals surface area contributed by atoms with Crippen LogP contribution in [-0.2, 0) is 22.4 Å². The van der Waals surface area contributed by atoms with E-state index in [1.807, 2.05) is 60.7 Å². The summed E-state index contributed by atoms with van der Waals surface area (Å²) >= 11 is 0. The van der Waals surface area contributed by atoms with E-state index in [9.17, 15) is 14.4 Å². The van der Waals surface area contributed by atoms with Crippen molar-refractivity contribution < 1.29 is 19.1 Å². The molecule has 0 atom stereocenters. The van der Waals surface area contributed by atoms with Crippen molar-refractivity contribution in [3.63, 3.8) is 0 Å². The Morgan fingerprint density at radius 3 is 1.92 bits per heavy atom. The van der Waals surface area contributed by atoms with Gasteiger partial charge in [-0.1, -0.05) is 60.7 Å². The Labute approximate surface area is 214 Å². The standard InChI is InChI=1S/C30H25N3O4/c34-28(19-22-7-3-1-4-8-22)32-26-15-13-25(14-16-26)30(36)33-31-21-24-11-17-27(18-12-24)37-29(35)20-23-9-5-2-6-10-23/h1-18,21H,19-20H2,(H,32,34)(H,33,36)/b31-21+. The van der Waals surface area contributed by atoms with E-state index in [1.54, 1.807) is 48.5 Å². The summed E-state index contributed by atoms with van der Waals surface area (Å²) in [5.74, 6) is -0.436. The molecular weight excluding hydrogens is 466 g/mol. The first-order chi connectivity index (χ1) is 18.0. The number of carbonyl (C=O) groups excluding carboxylic acids is 3. The smallest absolute Gasteiger partial charge is 0.315 e. The van der Waals surface area contributed by atoms with Gasteiger partial charge in [-0.3, -0.25) is 14.4 Å². The number of benzene rings is 4. The number of hydrazone groups is 1. The molecule has 0 heterocycles. The lowest BCUT2D eigenvalue weighted by molar-refractivity contribution is -0.133. The van der Waals surface area contributed by atoms with Gasteiger partial charge in [-0.2, -0.15) is 5.10 Å². The van der Waals surface area contributed by atoms with Gasteiger partial charge in [0.05, 0.1) is 19.1 Å². The van der Waals surface area contributed by atoms with Crippen LogP contribution in [0.4, 0.5) is 5.69 Å². The SMILES string of the molecule is O=C(Cc1ccccc1)Nc1ccc(C(=O)N/N=C/c2ccc(OC(=O)Cc3ccccc3)cc2)cc1. The van der Waals surface area contributed by atoms with Gasteiger partial charge in [0.2, 0.25) is 5.91 Å². The molecule has 0 unspecified atom stereocenters. The molecule has 4 aromatic rings. The van der Waals surface area contributed by atoms with E-state index in [0.717, 1.165) is 16.7 Å². The Kier molecular flexibility index (Phi) is 8.54. The molecule has 7 nitrogen and oxygen atoms in total. The maximum absolute atomic E-state index is 12.4. The summed E-state index contributed by atoms with van der Waals surface area (Å²) in [7, 11) is 0. The summed E-state index contributed by atoms with van der Waals surface area (Å²) in [5, 5.41) is 6.80. The Bertz CT molecular complexity index is 1370. The van der Waals surface area contributed by atoms with E-state index in [4.69, 9.17) is 4.74 Å². The van der Waals surface area contributed by atoms with E-state index in [2.05, 4.69) is 15.8 Å². The predicted molar refractivity (Wildman–Crippen MR) is 143 cm³/mol. The van der Waals surface area contributed by atoms with Gasteiger partial charge in [-0.25, -0.2) is 5.43 Å². The third-order valence-corrected chi connectivity index (χ3v) is 5.32. The topological polar surface area (TPSA) is 96.9 Å². The molecule has 0 aromatic heterocycles. The van der Waals surface area contributed by atoms with Crippen molar-refractivity contribution in [1.82, 2.24) is 5.43 Å². The van der Waals surface area contributed by atoms with Crippen molar-refractivity contribution in [3.05, 3.63) is 131 Å². The van der Waals surface area contributed by atoms with E-state index >= 15 is 0 Å². The highest BCUT2D eigenvalue weighted by Gasteiger charge is 2.08.